The smallest absolute Gasteiger partial charge is 0.164 e. The third-order valence-electron chi connectivity index (χ3n) is 0.666. The summed E-state index contributed by atoms with van der Waals surface area (Å²) in [6.07, 6.45) is 0. The topological polar surface area (TPSA) is 26.3 Å². The fourth-order valence-electron chi connectivity index (χ4n) is 0.297. The fraction of sp³-hybridized carbons (Fsp3) is 0.714. The normalized spacial score (nSPS) is 9.90. The summed E-state index contributed by atoms with van der Waals surface area (Å²) in [6.45, 7) is 9.51. The molecule has 1 radical (unpaired) electrons. The second-order valence-corrected chi connectivity index (χ2v) is 3.22. The van der Waals surface area contributed by atoms with Crippen LogP contribution in [0.4, 0.5) is 0 Å². The predicted octanol–water partition coefficient (Wildman–Crippen LogP) is 1.41. The Morgan fingerprint density at radius 3 is 2.00 bits per heavy atom. The molecule has 0 fully saturated rings. The van der Waals surface area contributed by atoms with Crippen molar-refractivity contribution in [1.82, 2.24) is 0 Å². The van der Waals surface area contributed by atoms with Gasteiger partial charge in [-0.1, -0.05) is 20.8 Å². The van der Waals surface area contributed by atoms with E-state index >= 15 is 0 Å². The zero-order chi connectivity index (χ0) is 7.49. The van der Waals surface area contributed by atoms with Crippen LogP contribution in [0.25, 0.3) is 0 Å². The van der Waals surface area contributed by atoms with Crippen LogP contribution >= 0.6 is 0 Å². The Kier molecular flexibility index (Phi) is 6.72. The standard InChI is InChI=1S/C7H13O2.Y/c1-6(8)9-5-7(2,3)4;/h1,5H2,2-4H3;/q-1;. The van der Waals surface area contributed by atoms with E-state index in [1.165, 1.54) is 0 Å². The predicted molar refractivity (Wildman–Crippen MR) is 35.8 cm³/mol. The number of hydrogen-bond acceptors (Lipinski definition) is 2. The number of esters is 1. The van der Waals surface area contributed by atoms with E-state index in [1.807, 2.05) is 20.8 Å². The quantitative estimate of drug-likeness (QED) is 0.491. The number of hydrogen-bond donors (Lipinski definition) is 0. The Hall–Kier alpha value is 0.444. The average Bonchev–Trinajstić information content (AvgIpc) is 1.59. The Morgan fingerprint density at radius 1 is 1.50 bits per heavy atom. The summed E-state index contributed by atoms with van der Waals surface area (Å²) >= 11 is 0. The molecule has 0 aromatic rings. The molecule has 2 nitrogen and oxygen atoms in total. The molecule has 0 saturated carbocycles. The van der Waals surface area contributed by atoms with E-state index < -0.39 is 5.97 Å². The summed E-state index contributed by atoms with van der Waals surface area (Å²) in [4.78, 5) is 10.2. The summed E-state index contributed by atoms with van der Waals surface area (Å²) in [7, 11) is 0. The van der Waals surface area contributed by atoms with Crippen LogP contribution in [-0.2, 0) is 42.2 Å². The Morgan fingerprint density at radius 2 is 1.90 bits per heavy atom. The van der Waals surface area contributed by atoms with Gasteiger partial charge in [-0.15, -0.1) is 0 Å². The minimum atomic E-state index is -0.454. The van der Waals surface area contributed by atoms with E-state index in [1.54, 1.807) is 0 Å². The maximum atomic E-state index is 10.2. The molecule has 57 valence electrons. The molecule has 10 heavy (non-hydrogen) atoms. The number of ether oxygens (including phenoxy) is 1. The van der Waals surface area contributed by atoms with Crippen molar-refractivity contribution >= 4 is 5.97 Å². The molecule has 0 rings (SSSR count). The maximum absolute atomic E-state index is 10.2. The molecule has 0 aliphatic carbocycles. The molecule has 0 aliphatic heterocycles. The van der Waals surface area contributed by atoms with Gasteiger partial charge in [-0.05, 0) is 5.41 Å². The van der Waals surface area contributed by atoms with Crippen molar-refractivity contribution in [2.45, 2.75) is 20.8 Å². The van der Waals surface area contributed by atoms with Gasteiger partial charge in [-0.2, -0.15) is 0 Å². The van der Waals surface area contributed by atoms with Gasteiger partial charge in [0.15, 0.2) is 5.97 Å². The number of carbonyl (C=O) groups excluding carboxylic acids is 1. The molecular formula is C7H13O2Y-. The molecule has 0 aromatic heterocycles. The Labute approximate surface area is 87.6 Å². The minimum Gasteiger partial charge on any atom is -0.488 e. The van der Waals surface area contributed by atoms with E-state index in [0.717, 1.165) is 0 Å². The summed E-state index contributed by atoms with van der Waals surface area (Å²) in [5.74, 6) is -0.454. The van der Waals surface area contributed by atoms with Crippen LogP contribution in [0.3, 0.4) is 0 Å². The molecule has 0 saturated heterocycles. The first-order valence-corrected chi connectivity index (χ1v) is 2.90. The van der Waals surface area contributed by atoms with Crippen LogP contribution in [0, 0.1) is 12.3 Å². The first kappa shape index (κ1) is 13.1. The molecule has 0 atom stereocenters. The Bertz CT molecular complexity index is 105. The largest absolute Gasteiger partial charge is 0.488 e. The molecule has 0 amide bonds. The molecule has 0 spiro atoms. The van der Waals surface area contributed by atoms with Gasteiger partial charge in [0, 0.05) is 32.7 Å². The van der Waals surface area contributed by atoms with E-state index in [0.29, 0.717) is 6.61 Å². The van der Waals surface area contributed by atoms with Gasteiger partial charge in [0.05, 0.1) is 6.61 Å². The molecular weight excluding hydrogens is 205 g/mol. The van der Waals surface area contributed by atoms with Crippen LogP contribution in [0.15, 0.2) is 0 Å². The van der Waals surface area contributed by atoms with Gasteiger partial charge in [0.2, 0.25) is 0 Å². The number of rotatable bonds is 1. The second kappa shape index (κ2) is 5.14. The molecule has 0 aromatic carbocycles. The SMILES string of the molecule is [CH2-]C(=O)OCC(C)(C)C.[Y]. The van der Waals surface area contributed by atoms with Crippen LogP contribution in [0.2, 0.25) is 0 Å². The Balaban J connectivity index is 0. The monoisotopic (exact) mass is 218 g/mol. The van der Waals surface area contributed by atoms with E-state index in [-0.39, 0.29) is 38.1 Å². The molecule has 0 aliphatic rings. The number of carbonyl (C=O) groups is 1. The van der Waals surface area contributed by atoms with Crippen LogP contribution in [0.5, 0.6) is 0 Å². The summed E-state index contributed by atoms with van der Waals surface area (Å²) in [6, 6.07) is 0. The van der Waals surface area contributed by atoms with Gasteiger partial charge >= 0.3 is 0 Å². The van der Waals surface area contributed by atoms with Crippen molar-refractivity contribution in [3.8, 4) is 0 Å². The first-order valence-electron chi connectivity index (χ1n) is 2.90. The average molecular weight is 218 g/mol. The van der Waals surface area contributed by atoms with Gasteiger partial charge < -0.3 is 4.74 Å². The zero-order valence-electron chi connectivity index (χ0n) is 6.81. The molecule has 3 heteroatoms. The first-order chi connectivity index (χ1) is 3.92. The van der Waals surface area contributed by atoms with E-state index in [9.17, 15) is 4.79 Å². The van der Waals surface area contributed by atoms with Gasteiger partial charge in [-0.25, -0.2) is 0 Å². The molecule has 0 bridgehead atoms. The van der Waals surface area contributed by atoms with Crippen molar-refractivity contribution in [2.24, 2.45) is 5.41 Å². The van der Waals surface area contributed by atoms with Crippen LogP contribution in [0.1, 0.15) is 20.8 Å². The van der Waals surface area contributed by atoms with Gasteiger partial charge in [0.1, 0.15) is 0 Å². The molecule has 0 N–H and O–H groups in total. The van der Waals surface area contributed by atoms with E-state index in [2.05, 4.69) is 11.7 Å². The van der Waals surface area contributed by atoms with E-state index in [4.69, 9.17) is 0 Å². The summed E-state index contributed by atoms with van der Waals surface area (Å²) in [5.41, 5.74) is 0.0490. The van der Waals surface area contributed by atoms with Gasteiger partial charge in [-0.3, -0.25) is 11.7 Å². The van der Waals surface area contributed by atoms with Crippen molar-refractivity contribution < 1.29 is 42.2 Å². The van der Waals surface area contributed by atoms with Crippen molar-refractivity contribution in [3.63, 3.8) is 0 Å². The third-order valence-corrected chi connectivity index (χ3v) is 0.666. The summed E-state index contributed by atoms with van der Waals surface area (Å²) < 4.78 is 4.66. The van der Waals surface area contributed by atoms with Crippen molar-refractivity contribution in [3.05, 3.63) is 6.92 Å². The van der Waals surface area contributed by atoms with Crippen LogP contribution < -0.4 is 0 Å². The van der Waals surface area contributed by atoms with Crippen molar-refractivity contribution in [2.75, 3.05) is 6.61 Å². The second-order valence-electron chi connectivity index (χ2n) is 3.22. The fourth-order valence-corrected chi connectivity index (χ4v) is 0.297. The van der Waals surface area contributed by atoms with Crippen molar-refractivity contribution in [1.29, 1.82) is 0 Å². The van der Waals surface area contributed by atoms with Gasteiger partial charge in [0.25, 0.3) is 0 Å². The maximum Gasteiger partial charge on any atom is 0.164 e. The molecule has 0 unspecified atom stereocenters. The third kappa shape index (κ3) is 11.3. The molecule has 0 heterocycles. The van der Waals surface area contributed by atoms with Crippen LogP contribution in [-0.4, -0.2) is 12.6 Å². The minimum absolute atomic E-state index is 0. The zero-order valence-corrected chi connectivity index (χ0v) is 9.65. The summed E-state index contributed by atoms with van der Waals surface area (Å²) in [5, 5.41) is 0.